The monoisotopic (exact) mass is 522 g/mol. The number of nitrogens with one attached hydrogen (secondary N) is 3. The normalized spacial score (nSPS) is 19.4. The summed E-state index contributed by atoms with van der Waals surface area (Å²) in [6.45, 7) is 6.26. The molecule has 2 aliphatic heterocycles. The fourth-order valence-corrected chi connectivity index (χ4v) is 5.10. The molecule has 1 amide bonds. The van der Waals surface area contributed by atoms with Gasteiger partial charge in [0.25, 0.3) is 5.91 Å². The van der Waals surface area contributed by atoms with Crippen LogP contribution in [0, 0.1) is 5.92 Å². The Kier molecular flexibility index (Phi) is 7.27. The molecule has 0 spiro atoms. The zero-order chi connectivity index (χ0) is 27.5. The number of carbonyl (C=O) groups excluding carboxylic acids is 3. The van der Waals surface area contributed by atoms with Crippen LogP contribution in [0.2, 0.25) is 0 Å². The minimum absolute atomic E-state index is 0.112. The number of rotatable bonds is 7. The molecule has 0 saturated carbocycles. The standard InChI is InChI=1S/C31H30N4O4/c1-4-32-30(37)21-13-11-19(12-14-21)23-16-15-22(34-23)17-24-28(36)27-26(20-9-7-6-8-10-20)25(31(38)39-5-2)18(3)33-29(27)35-24/h6-17,26-27,34H,4-5H2,1-3H3,(H,32,37)(H,33,35)/b24-17-. The van der Waals surface area contributed by atoms with Crippen LogP contribution in [-0.4, -0.2) is 41.6 Å². The first kappa shape index (κ1) is 25.9. The minimum atomic E-state index is -0.655. The number of ether oxygens (including phenoxy) is 1. The second kappa shape index (κ2) is 10.9. The lowest BCUT2D eigenvalue weighted by atomic mass is 9.75. The number of amides is 1. The summed E-state index contributed by atoms with van der Waals surface area (Å²) in [6.07, 6.45) is 1.73. The molecule has 39 heavy (non-hydrogen) atoms. The Bertz CT molecular complexity index is 1510. The highest BCUT2D eigenvalue weighted by Gasteiger charge is 2.47. The number of esters is 1. The molecular weight excluding hydrogens is 492 g/mol. The first-order valence-electron chi connectivity index (χ1n) is 13.0. The van der Waals surface area contributed by atoms with Gasteiger partial charge in [-0.15, -0.1) is 0 Å². The van der Waals surface area contributed by atoms with Crippen molar-refractivity contribution in [2.75, 3.05) is 13.2 Å². The Morgan fingerprint density at radius 2 is 1.74 bits per heavy atom. The first-order chi connectivity index (χ1) is 18.9. The van der Waals surface area contributed by atoms with Gasteiger partial charge in [0, 0.05) is 35.1 Å². The molecule has 8 heteroatoms. The fraction of sp³-hybridized carbons (Fsp3) is 0.226. The number of nitrogens with zero attached hydrogens (tertiary/aromatic N) is 1. The molecule has 5 rings (SSSR count). The maximum absolute atomic E-state index is 13.7. The van der Waals surface area contributed by atoms with E-state index in [0.717, 1.165) is 22.5 Å². The zero-order valence-electron chi connectivity index (χ0n) is 22.1. The van der Waals surface area contributed by atoms with Crippen LogP contribution >= 0.6 is 0 Å². The number of Topliss-reactive ketones (excluding diaryl/α,β-unsaturated/α-hetero) is 1. The average Bonchev–Trinajstić information content (AvgIpc) is 3.53. The van der Waals surface area contributed by atoms with Gasteiger partial charge < -0.3 is 20.4 Å². The summed E-state index contributed by atoms with van der Waals surface area (Å²) < 4.78 is 5.36. The molecule has 0 saturated heterocycles. The van der Waals surface area contributed by atoms with Crippen LogP contribution < -0.4 is 10.6 Å². The average molecular weight is 523 g/mol. The van der Waals surface area contributed by atoms with Crippen molar-refractivity contribution < 1.29 is 19.1 Å². The van der Waals surface area contributed by atoms with Gasteiger partial charge in [-0.2, -0.15) is 0 Å². The molecule has 1 aromatic heterocycles. The number of benzene rings is 2. The van der Waals surface area contributed by atoms with Gasteiger partial charge in [-0.05, 0) is 62.2 Å². The van der Waals surface area contributed by atoms with Gasteiger partial charge in [-0.1, -0.05) is 42.5 Å². The van der Waals surface area contributed by atoms with Crippen molar-refractivity contribution in [1.82, 2.24) is 15.6 Å². The number of aromatic nitrogens is 1. The predicted molar refractivity (Wildman–Crippen MR) is 150 cm³/mol. The Balaban J connectivity index is 1.44. The van der Waals surface area contributed by atoms with Crippen molar-refractivity contribution in [1.29, 1.82) is 0 Å². The van der Waals surface area contributed by atoms with Gasteiger partial charge in [0.1, 0.15) is 11.5 Å². The third kappa shape index (κ3) is 5.05. The van der Waals surface area contributed by atoms with Gasteiger partial charge in [0.2, 0.25) is 0 Å². The second-order valence-electron chi connectivity index (χ2n) is 9.41. The highest BCUT2D eigenvalue weighted by molar-refractivity contribution is 6.21. The third-order valence-corrected chi connectivity index (χ3v) is 6.88. The highest BCUT2D eigenvalue weighted by atomic mass is 16.5. The number of amidine groups is 1. The summed E-state index contributed by atoms with van der Waals surface area (Å²) >= 11 is 0. The largest absolute Gasteiger partial charge is 0.463 e. The molecule has 2 atom stereocenters. The zero-order valence-corrected chi connectivity index (χ0v) is 22.1. The van der Waals surface area contributed by atoms with Crippen molar-refractivity contribution >= 4 is 29.6 Å². The molecule has 2 aromatic carbocycles. The lowest BCUT2D eigenvalue weighted by Crippen LogP contribution is -2.42. The van der Waals surface area contributed by atoms with Crippen LogP contribution in [0.1, 0.15) is 48.3 Å². The smallest absolute Gasteiger partial charge is 0.336 e. The summed E-state index contributed by atoms with van der Waals surface area (Å²) in [5.74, 6) is -1.35. The van der Waals surface area contributed by atoms with Crippen molar-refractivity contribution in [3.63, 3.8) is 0 Å². The molecule has 2 aliphatic rings. The number of aromatic amines is 1. The molecule has 8 nitrogen and oxygen atoms in total. The van der Waals surface area contributed by atoms with Crippen LogP contribution in [0.25, 0.3) is 17.3 Å². The molecule has 2 unspecified atom stereocenters. The van der Waals surface area contributed by atoms with Crippen LogP contribution in [0.3, 0.4) is 0 Å². The van der Waals surface area contributed by atoms with E-state index in [0.29, 0.717) is 34.9 Å². The number of aliphatic imine (C=N–C) groups is 1. The van der Waals surface area contributed by atoms with E-state index in [1.54, 1.807) is 25.1 Å². The van der Waals surface area contributed by atoms with Crippen molar-refractivity contribution in [2.24, 2.45) is 10.9 Å². The van der Waals surface area contributed by atoms with E-state index < -0.39 is 17.8 Å². The summed E-state index contributed by atoms with van der Waals surface area (Å²) in [6, 6.07) is 20.6. The number of carbonyl (C=O) groups is 3. The molecule has 0 radical (unpaired) electrons. The summed E-state index contributed by atoms with van der Waals surface area (Å²) in [5, 5.41) is 5.98. The van der Waals surface area contributed by atoms with Crippen LogP contribution in [0.4, 0.5) is 0 Å². The Morgan fingerprint density at radius 1 is 1.00 bits per heavy atom. The van der Waals surface area contributed by atoms with E-state index in [9.17, 15) is 14.4 Å². The minimum Gasteiger partial charge on any atom is -0.463 e. The fourth-order valence-electron chi connectivity index (χ4n) is 5.10. The van der Waals surface area contributed by atoms with Gasteiger partial charge in [0.15, 0.2) is 5.78 Å². The van der Waals surface area contributed by atoms with Gasteiger partial charge >= 0.3 is 5.97 Å². The van der Waals surface area contributed by atoms with Crippen molar-refractivity contribution in [3.8, 4) is 11.3 Å². The second-order valence-corrected chi connectivity index (χ2v) is 9.41. The van der Waals surface area contributed by atoms with E-state index in [1.807, 2.05) is 68.4 Å². The first-order valence-corrected chi connectivity index (χ1v) is 13.0. The lowest BCUT2D eigenvalue weighted by Gasteiger charge is -2.32. The van der Waals surface area contributed by atoms with Crippen LogP contribution in [-0.2, 0) is 14.3 Å². The Hall–Kier alpha value is -4.72. The summed E-state index contributed by atoms with van der Waals surface area (Å²) in [7, 11) is 0. The van der Waals surface area contributed by atoms with Gasteiger partial charge in [-0.25, -0.2) is 9.79 Å². The topological polar surface area (TPSA) is 113 Å². The number of fused-ring (bicyclic) bond motifs is 1. The number of allylic oxidation sites excluding steroid dienone is 2. The number of ketones is 1. The lowest BCUT2D eigenvalue weighted by molar-refractivity contribution is -0.139. The molecule has 198 valence electrons. The summed E-state index contributed by atoms with van der Waals surface area (Å²) in [4.78, 5) is 46.7. The van der Waals surface area contributed by atoms with Crippen molar-refractivity contribution in [2.45, 2.75) is 26.7 Å². The van der Waals surface area contributed by atoms with E-state index in [-0.39, 0.29) is 18.3 Å². The van der Waals surface area contributed by atoms with Crippen molar-refractivity contribution in [3.05, 3.63) is 101 Å². The van der Waals surface area contributed by atoms with Gasteiger partial charge in [0.05, 0.1) is 18.1 Å². The molecule has 3 heterocycles. The maximum Gasteiger partial charge on any atom is 0.336 e. The number of H-pyrrole nitrogens is 1. The molecule has 0 fully saturated rings. The number of hydrogen-bond donors (Lipinski definition) is 3. The molecule has 0 aliphatic carbocycles. The molecule has 0 bridgehead atoms. The molecule has 3 aromatic rings. The summed E-state index contributed by atoms with van der Waals surface area (Å²) in [5.41, 5.74) is 5.31. The van der Waals surface area contributed by atoms with E-state index in [2.05, 4.69) is 20.6 Å². The van der Waals surface area contributed by atoms with E-state index in [1.165, 1.54) is 0 Å². The van der Waals surface area contributed by atoms with E-state index in [4.69, 9.17) is 4.74 Å². The third-order valence-electron chi connectivity index (χ3n) is 6.88. The Labute approximate surface area is 226 Å². The Morgan fingerprint density at radius 3 is 2.44 bits per heavy atom. The predicted octanol–water partition coefficient (Wildman–Crippen LogP) is 4.59. The maximum atomic E-state index is 13.7. The quantitative estimate of drug-likeness (QED) is 0.310. The molecule has 3 N–H and O–H groups in total. The number of hydrogen-bond acceptors (Lipinski definition) is 6. The SMILES string of the molecule is CCNC(=O)c1ccc(-c2ccc(/C=C3\N=C4NC(C)=C(C(=O)OCC)C(c5ccccc5)C4C3=O)[nH]2)cc1. The molecular formula is C31H30N4O4. The van der Waals surface area contributed by atoms with Crippen LogP contribution in [0.5, 0.6) is 0 Å². The highest BCUT2D eigenvalue weighted by Crippen LogP contribution is 2.42. The van der Waals surface area contributed by atoms with Gasteiger partial charge in [-0.3, -0.25) is 9.59 Å². The van der Waals surface area contributed by atoms with E-state index >= 15 is 0 Å². The van der Waals surface area contributed by atoms with Crippen LogP contribution in [0.15, 0.2) is 88.7 Å².